The largest absolute Gasteiger partial charge is 0.350 e. The molecule has 0 aromatic carbocycles. The summed E-state index contributed by atoms with van der Waals surface area (Å²) in [4.78, 5) is 10.5. The number of hydrazone groups is 1. The predicted molar refractivity (Wildman–Crippen MR) is 54.8 cm³/mol. The van der Waals surface area contributed by atoms with Crippen molar-refractivity contribution in [3.8, 4) is 0 Å². The van der Waals surface area contributed by atoms with E-state index in [0.717, 1.165) is 37.8 Å². The first kappa shape index (κ1) is 9.24. The molecule has 0 bridgehead atoms. The lowest BCUT2D eigenvalue weighted by atomic mass is 9.80. The standard InChI is InChI=1S/C10H15N3O/c1-7-3-2-4-8(10(7)5-6-10)12-13-9(11)14/h1-6H2,(H3,11,13,14). The molecule has 4 nitrogen and oxygen atoms in total. The van der Waals surface area contributed by atoms with Crippen LogP contribution in [0.15, 0.2) is 17.3 Å². The molecule has 0 radical (unpaired) electrons. The molecule has 76 valence electrons. The molecule has 14 heavy (non-hydrogen) atoms. The summed E-state index contributed by atoms with van der Waals surface area (Å²) in [5, 5.41) is 4.08. The van der Waals surface area contributed by atoms with Gasteiger partial charge in [-0.3, -0.25) is 0 Å². The summed E-state index contributed by atoms with van der Waals surface area (Å²) in [6, 6.07) is -0.593. The number of allylic oxidation sites excluding steroid dienone is 1. The van der Waals surface area contributed by atoms with Gasteiger partial charge in [-0.25, -0.2) is 10.2 Å². The van der Waals surface area contributed by atoms with Gasteiger partial charge in [-0.15, -0.1) is 0 Å². The minimum atomic E-state index is -0.593. The lowest BCUT2D eigenvalue weighted by molar-refractivity contribution is 0.249. The van der Waals surface area contributed by atoms with Gasteiger partial charge in [0.05, 0.1) is 0 Å². The molecule has 2 aliphatic rings. The Morgan fingerprint density at radius 1 is 1.50 bits per heavy atom. The zero-order valence-corrected chi connectivity index (χ0v) is 8.18. The van der Waals surface area contributed by atoms with E-state index in [-0.39, 0.29) is 5.41 Å². The first-order chi connectivity index (χ1) is 6.65. The van der Waals surface area contributed by atoms with Crippen LogP contribution in [0.25, 0.3) is 0 Å². The molecule has 2 amide bonds. The second-order valence-electron chi connectivity index (χ2n) is 4.07. The zero-order chi connectivity index (χ0) is 10.2. The van der Waals surface area contributed by atoms with Gasteiger partial charge in [0.1, 0.15) is 0 Å². The van der Waals surface area contributed by atoms with E-state index in [1.807, 2.05) is 0 Å². The topological polar surface area (TPSA) is 67.5 Å². The van der Waals surface area contributed by atoms with Gasteiger partial charge in [0, 0.05) is 11.1 Å². The fraction of sp³-hybridized carbons (Fsp3) is 0.600. The Balaban J connectivity index is 2.14. The van der Waals surface area contributed by atoms with Crippen LogP contribution >= 0.6 is 0 Å². The molecule has 2 saturated carbocycles. The Morgan fingerprint density at radius 3 is 2.79 bits per heavy atom. The molecule has 0 heterocycles. The van der Waals surface area contributed by atoms with Crippen LogP contribution in [0.3, 0.4) is 0 Å². The highest BCUT2D eigenvalue weighted by molar-refractivity contribution is 5.96. The van der Waals surface area contributed by atoms with Crippen molar-refractivity contribution < 1.29 is 4.79 Å². The van der Waals surface area contributed by atoms with E-state index in [1.165, 1.54) is 5.57 Å². The molecule has 2 rings (SSSR count). The summed E-state index contributed by atoms with van der Waals surface area (Å²) in [6.07, 6.45) is 5.39. The molecule has 2 fully saturated rings. The summed E-state index contributed by atoms with van der Waals surface area (Å²) in [5.74, 6) is 0. The van der Waals surface area contributed by atoms with Crippen LogP contribution in [0.2, 0.25) is 0 Å². The minimum Gasteiger partial charge on any atom is -0.350 e. The molecule has 3 N–H and O–H groups in total. The summed E-state index contributed by atoms with van der Waals surface area (Å²) >= 11 is 0. The number of hydrogen-bond donors (Lipinski definition) is 2. The molecule has 0 atom stereocenters. The summed E-state index contributed by atoms with van der Waals surface area (Å²) in [5.41, 5.74) is 9.75. The summed E-state index contributed by atoms with van der Waals surface area (Å²) in [7, 11) is 0. The molecular weight excluding hydrogens is 178 g/mol. The first-order valence-electron chi connectivity index (χ1n) is 4.96. The van der Waals surface area contributed by atoms with Gasteiger partial charge in [0.25, 0.3) is 0 Å². The zero-order valence-electron chi connectivity index (χ0n) is 8.18. The van der Waals surface area contributed by atoms with Gasteiger partial charge in [-0.1, -0.05) is 12.2 Å². The Bertz CT molecular complexity index is 315. The van der Waals surface area contributed by atoms with E-state index in [1.54, 1.807) is 0 Å². The van der Waals surface area contributed by atoms with Gasteiger partial charge in [0.15, 0.2) is 0 Å². The van der Waals surface area contributed by atoms with E-state index in [4.69, 9.17) is 5.73 Å². The number of amides is 2. The Kier molecular flexibility index (Phi) is 2.06. The van der Waals surface area contributed by atoms with E-state index in [2.05, 4.69) is 17.1 Å². The smallest absolute Gasteiger partial charge is 0.332 e. The summed E-state index contributed by atoms with van der Waals surface area (Å²) < 4.78 is 0. The molecule has 0 aromatic rings. The number of rotatable bonds is 1. The van der Waals surface area contributed by atoms with Gasteiger partial charge in [-0.05, 0) is 32.1 Å². The van der Waals surface area contributed by atoms with Gasteiger partial charge >= 0.3 is 6.03 Å². The third-order valence-electron chi connectivity index (χ3n) is 3.17. The molecular formula is C10H15N3O. The third-order valence-corrected chi connectivity index (χ3v) is 3.17. The van der Waals surface area contributed by atoms with Crippen LogP contribution in [-0.2, 0) is 0 Å². The van der Waals surface area contributed by atoms with Gasteiger partial charge in [-0.2, -0.15) is 5.10 Å². The van der Waals surface area contributed by atoms with Crippen molar-refractivity contribution in [2.45, 2.75) is 32.1 Å². The van der Waals surface area contributed by atoms with E-state index in [9.17, 15) is 4.79 Å². The van der Waals surface area contributed by atoms with Crippen molar-refractivity contribution >= 4 is 11.7 Å². The SMILES string of the molecule is C=C1CCCC(=NNC(N)=O)C12CC2. The van der Waals surface area contributed by atoms with Crippen molar-refractivity contribution in [1.29, 1.82) is 0 Å². The maximum Gasteiger partial charge on any atom is 0.332 e. The number of carbonyl (C=O) groups is 1. The Morgan fingerprint density at radius 2 is 2.21 bits per heavy atom. The second kappa shape index (κ2) is 3.12. The fourth-order valence-corrected chi connectivity index (χ4v) is 2.20. The number of nitrogens with two attached hydrogens (primary N) is 1. The Labute approximate surface area is 83.2 Å². The average Bonchev–Trinajstić information content (AvgIpc) is 2.89. The number of hydrogen-bond acceptors (Lipinski definition) is 2. The fourth-order valence-electron chi connectivity index (χ4n) is 2.20. The summed E-state index contributed by atoms with van der Waals surface area (Å²) in [6.45, 7) is 4.08. The third kappa shape index (κ3) is 1.41. The van der Waals surface area contributed by atoms with Crippen LogP contribution in [-0.4, -0.2) is 11.7 Å². The van der Waals surface area contributed by atoms with Crippen LogP contribution in [0.4, 0.5) is 4.79 Å². The normalized spacial score (nSPS) is 26.6. The molecule has 2 aliphatic carbocycles. The van der Waals surface area contributed by atoms with Crippen molar-refractivity contribution in [2.75, 3.05) is 0 Å². The number of primary amides is 1. The lowest BCUT2D eigenvalue weighted by Gasteiger charge is -2.25. The van der Waals surface area contributed by atoms with E-state index in [0.29, 0.717) is 0 Å². The first-order valence-corrected chi connectivity index (χ1v) is 4.96. The van der Waals surface area contributed by atoms with Crippen molar-refractivity contribution in [3.63, 3.8) is 0 Å². The van der Waals surface area contributed by atoms with Gasteiger partial charge < -0.3 is 5.73 Å². The van der Waals surface area contributed by atoms with Crippen LogP contribution in [0.5, 0.6) is 0 Å². The highest BCUT2D eigenvalue weighted by Crippen LogP contribution is 2.56. The average molecular weight is 193 g/mol. The maximum atomic E-state index is 10.5. The van der Waals surface area contributed by atoms with Crippen LogP contribution in [0.1, 0.15) is 32.1 Å². The minimum absolute atomic E-state index is 0.126. The molecule has 1 spiro atoms. The van der Waals surface area contributed by atoms with E-state index < -0.39 is 6.03 Å². The number of nitrogens with zero attached hydrogens (tertiary/aromatic N) is 1. The highest BCUT2D eigenvalue weighted by atomic mass is 16.2. The van der Waals surface area contributed by atoms with Crippen molar-refractivity contribution in [3.05, 3.63) is 12.2 Å². The van der Waals surface area contributed by atoms with Crippen LogP contribution < -0.4 is 11.2 Å². The number of carbonyl (C=O) groups excluding carboxylic acids is 1. The maximum absolute atomic E-state index is 10.5. The molecule has 0 aromatic heterocycles. The molecule has 4 heteroatoms. The Hall–Kier alpha value is -1.32. The van der Waals surface area contributed by atoms with Crippen molar-refractivity contribution in [2.24, 2.45) is 16.3 Å². The molecule has 0 aliphatic heterocycles. The predicted octanol–water partition coefficient (Wildman–Crippen LogP) is 1.53. The number of nitrogens with one attached hydrogen (secondary N) is 1. The van der Waals surface area contributed by atoms with Crippen LogP contribution in [0, 0.1) is 5.41 Å². The number of urea groups is 1. The molecule has 0 unspecified atom stereocenters. The second-order valence-corrected chi connectivity index (χ2v) is 4.07. The quantitative estimate of drug-likeness (QED) is 0.481. The van der Waals surface area contributed by atoms with Crippen molar-refractivity contribution in [1.82, 2.24) is 5.43 Å². The van der Waals surface area contributed by atoms with E-state index >= 15 is 0 Å². The monoisotopic (exact) mass is 193 g/mol. The van der Waals surface area contributed by atoms with Gasteiger partial charge in [0.2, 0.25) is 0 Å². The lowest BCUT2D eigenvalue weighted by Crippen LogP contribution is -2.30. The highest BCUT2D eigenvalue weighted by Gasteiger charge is 2.50. The molecule has 0 saturated heterocycles.